The van der Waals surface area contributed by atoms with Crippen LogP contribution in [0.15, 0.2) is 24.3 Å². The summed E-state index contributed by atoms with van der Waals surface area (Å²) in [4.78, 5) is 24.8. The minimum Gasteiger partial charge on any atom is -0.343 e. The van der Waals surface area contributed by atoms with Gasteiger partial charge in [0.15, 0.2) is 0 Å². The van der Waals surface area contributed by atoms with Gasteiger partial charge >= 0.3 is 6.18 Å². The number of likely N-dealkylation sites (tertiary alicyclic amines) is 1. The Labute approximate surface area is 130 Å². The lowest BCUT2D eigenvalue weighted by molar-refractivity contribution is -0.187. The monoisotopic (exact) mass is 332 g/mol. The highest BCUT2D eigenvalue weighted by atomic mass is 19.4. The lowest BCUT2D eigenvalue weighted by Crippen LogP contribution is -2.48. The first-order valence-corrected chi connectivity index (χ1v) is 7.16. The van der Waals surface area contributed by atoms with Crippen molar-refractivity contribution in [3.63, 3.8) is 0 Å². The largest absolute Gasteiger partial charge is 0.393 e. The molecule has 0 radical (unpaired) electrons. The molecule has 2 rings (SSSR count). The molecule has 1 saturated heterocycles. The molecule has 1 aromatic rings. The number of carbonyl (C=O) groups is 2. The Bertz CT molecular complexity index is 589. The standard InChI is InChI=1S/C15H16F4N2O2/c16-12-6-2-1-5-11(12)14(23)20-8-13(22)21-7-3-4-10(9-21)15(17,18)19/h1-2,5-6,10H,3-4,7-9H2,(H,20,23)/t10-/m1/s1. The van der Waals surface area contributed by atoms with Crippen molar-refractivity contribution in [2.24, 2.45) is 5.92 Å². The van der Waals surface area contributed by atoms with E-state index in [1.807, 2.05) is 0 Å². The van der Waals surface area contributed by atoms with E-state index in [9.17, 15) is 27.2 Å². The van der Waals surface area contributed by atoms with E-state index in [0.717, 1.165) is 11.0 Å². The van der Waals surface area contributed by atoms with Gasteiger partial charge < -0.3 is 10.2 Å². The fourth-order valence-corrected chi connectivity index (χ4v) is 2.48. The van der Waals surface area contributed by atoms with Crippen LogP contribution in [0, 0.1) is 11.7 Å². The van der Waals surface area contributed by atoms with Gasteiger partial charge in [0.25, 0.3) is 5.91 Å². The minimum atomic E-state index is -4.34. The molecule has 1 fully saturated rings. The molecule has 0 aliphatic carbocycles. The number of alkyl halides is 3. The Morgan fingerprint density at radius 3 is 2.61 bits per heavy atom. The SMILES string of the molecule is O=C(NCC(=O)N1CCC[C@@H](C(F)(F)F)C1)c1ccccc1F. The fraction of sp³-hybridized carbons (Fsp3) is 0.467. The van der Waals surface area contributed by atoms with Crippen molar-refractivity contribution in [2.75, 3.05) is 19.6 Å². The summed E-state index contributed by atoms with van der Waals surface area (Å²) in [5.41, 5.74) is -0.216. The fourth-order valence-electron chi connectivity index (χ4n) is 2.48. The maximum absolute atomic E-state index is 13.4. The summed E-state index contributed by atoms with van der Waals surface area (Å²) in [6, 6.07) is 5.26. The zero-order valence-electron chi connectivity index (χ0n) is 12.2. The molecule has 4 nitrogen and oxygen atoms in total. The van der Waals surface area contributed by atoms with Crippen LogP contribution in [0.2, 0.25) is 0 Å². The van der Waals surface area contributed by atoms with E-state index in [1.165, 1.54) is 18.2 Å². The number of carbonyl (C=O) groups excluding carboxylic acids is 2. The van der Waals surface area contributed by atoms with Crippen molar-refractivity contribution in [3.8, 4) is 0 Å². The normalized spacial score (nSPS) is 18.6. The van der Waals surface area contributed by atoms with Crippen LogP contribution in [0.1, 0.15) is 23.2 Å². The molecule has 1 aliphatic heterocycles. The molecule has 2 amide bonds. The number of nitrogens with one attached hydrogen (secondary N) is 1. The van der Waals surface area contributed by atoms with Crippen LogP contribution < -0.4 is 5.32 Å². The van der Waals surface area contributed by atoms with Crippen molar-refractivity contribution in [1.29, 1.82) is 0 Å². The van der Waals surface area contributed by atoms with Gasteiger partial charge in [-0.25, -0.2) is 4.39 Å². The van der Waals surface area contributed by atoms with Gasteiger partial charge in [-0.05, 0) is 25.0 Å². The van der Waals surface area contributed by atoms with E-state index in [-0.39, 0.29) is 24.9 Å². The zero-order valence-corrected chi connectivity index (χ0v) is 12.2. The zero-order chi connectivity index (χ0) is 17.0. The molecule has 23 heavy (non-hydrogen) atoms. The van der Waals surface area contributed by atoms with Crippen LogP contribution in [0.3, 0.4) is 0 Å². The number of rotatable bonds is 3. The second-order valence-corrected chi connectivity index (χ2v) is 5.38. The Morgan fingerprint density at radius 1 is 1.26 bits per heavy atom. The van der Waals surface area contributed by atoms with Gasteiger partial charge in [0.2, 0.25) is 5.91 Å². The van der Waals surface area contributed by atoms with Crippen LogP contribution in [-0.2, 0) is 4.79 Å². The van der Waals surface area contributed by atoms with Crippen molar-refractivity contribution in [3.05, 3.63) is 35.6 Å². The highest BCUT2D eigenvalue weighted by molar-refractivity contribution is 5.96. The number of nitrogens with zero attached hydrogens (tertiary/aromatic N) is 1. The van der Waals surface area contributed by atoms with Gasteiger partial charge in [0.1, 0.15) is 5.82 Å². The minimum absolute atomic E-state index is 0.00509. The summed E-state index contributed by atoms with van der Waals surface area (Å²) >= 11 is 0. The van der Waals surface area contributed by atoms with E-state index in [2.05, 4.69) is 5.32 Å². The third-order valence-corrected chi connectivity index (χ3v) is 3.76. The third kappa shape index (κ3) is 4.43. The van der Waals surface area contributed by atoms with Crippen molar-refractivity contribution >= 4 is 11.8 Å². The van der Waals surface area contributed by atoms with Crippen LogP contribution in [-0.4, -0.2) is 42.5 Å². The first kappa shape index (κ1) is 17.2. The molecule has 1 aliphatic rings. The molecule has 1 heterocycles. The molecule has 0 unspecified atom stereocenters. The molecule has 0 saturated carbocycles. The average Bonchev–Trinajstić information content (AvgIpc) is 2.52. The molecule has 1 N–H and O–H groups in total. The Kier molecular flexibility index (Phi) is 5.23. The van der Waals surface area contributed by atoms with Gasteiger partial charge in [-0.2, -0.15) is 13.2 Å². The molecular weight excluding hydrogens is 316 g/mol. The van der Waals surface area contributed by atoms with Crippen LogP contribution in [0.25, 0.3) is 0 Å². The number of benzene rings is 1. The average molecular weight is 332 g/mol. The molecule has 126 valence electrons. The summed E-state index contributed by atoms with van der Waals surface area (Å²) in [6.45, 7) is -0.642. The molecule has 0 bridgehead atoms. The number of halogens is 4. The Hall–Kier alpha value is -2.12. The number of hydrogen-bond donors (Lipinski definition) is 1. The molecule has 1 aromatic carbocycles. The maximum Gasteiger partial charge on any atom is 0.393 e. The highest BCUT2D eigenvalue weighted by Gasteiger charge is 2.42. The Balaban J connectivity index is 1.90. The summed E-state index contributed by atoms with van der Waals surface area (Å²) < 4.78 is 51.5. The molecular formula is C15H16F4N2O2. The van der Waals surface area contributed by atoms with Gasteiger partial charge in [-0.15, -0.1) is 0 Å². The summed E-state index contributed by atoms with van der Waals surface area (Å²) in [5, 5.41) is 2.24. The first-order valence-electron chi connectivity index (χ1n) is 7.16. The van der Waals surface area contributed by atoms with Crippen LogP contribution in [0.5, 0.6) is 0 Å². The molecule has 1 atom stereocenters. The maximum atomic E-state index is 13.4. The van der Waals surface area contributed by atoms with E-state index < -0.39 is 42.8 Å². The van der Waals surface area contributed by atoms with Crippen LogP contribution in [0.4, 0.5) is 17.6 Å². The first-order chi connectivity index (χ1) is 10.8. The van der Waals surface area contributed by atoms with E-state index in [4.69, 9.17) is 0 Å². The lowest BCUT2D eigenvalue weighted by atomic mass is 9.97. The second-order valence-electron chi connectivity index (χ2n) is 5.38. The van der Waals surface area contributed by atoms with Gasteiger partial charge in [0.05, 0.1) is 18.0 Å². The smallest absolute Gasteiger partial charge is 0.343 e. The molecule has 0 aromatic heterocycles. The Morgan fingerprint density at radius 2 is 1.96 bits per heavy atom. The van der Waals surface area contributed by atoms with Crippen molar-refractivity contribution in [2.45, 2.75) is 19.0 Å². The summed E-state index contributed by atoms with van der Waals surface area (Å²) in [7, 11) is 0. The van der Waals surface area contributed by atoms with Crippen LogP contribution >= 0.6 is 0 Å². The second kappa shape index (κ2) is 6.97. The van der Waals surface area contributed by atoms with E-state index >= 15 is 0 Å². The summed E-state index contributed by atoms with van der Waals surface area (Å²) in [5.74, 6) is -3.65. The van der Waals surface area contributed by atoms with Crippen molar-refractivity contribution in [1.82, 2.24) is 10.2 Å². The predicted octanol–water partition coefficient (Wildman–Crippen LogP) is 2.36. The quantitative estimate of drug-likeness (QED) is 0.864. The van der Waals surface area contributed by atoms with Gasteiger partial charge in [-0.1, -0.05) is 12.1 Å². The number of hydrogen-bond acceptors (Lipinski definition) is 2. The lowest BCUT2D eigenvalue weighted by Gasteiger charge is -2.33. The van der Waals surface area contributed by atoms with Gasteiger partial charge in [0, 0.05) is 13.1 Å². The van der Waals surface area contributed by atoms with E-state index in [1.54, 1.807) is 0 Å². The highest BCUT2D eigenvalue weighted by Crippen LogP contribution is 2.33. The van der Waals surface area contributed by atoms with Gasteiger partial charge in [-0.3, -0.25) is 9.59 Å². The number of amides is 2. The summed E-state index contributed by atoms with van der Waals surface area (Å²) in [6.07, 6.45) is -4.08. The number of piperidine rings is 1. The van der Waals surface area contributed by atoms with Crippen molar-refractivity contribution < 1.29 is 27.2 Å². The van der Waals surface area contributed by atoms with E-state index in [0.29, 0.717) is 0 Å². The topological polar surface area (TPSA) is 49.4 Å². The molecule has 8 heteroatoms. The molecule has 0 spiro atoms. The predicted molar refractivity (Wildman–Crippen MR) is 74.1 cm³/mol. The third-order valence-electron chi connectivity index (χ3n) is 3.76.